The molecule has 2 unspecified atom stereocenters. The van der Waals surface area contributed by atoms with E-state index in [9.17, 15) is 10.2 Å². The maximum Gasteiger partial charge on any atom is 0.0897 e. The van der Waals surface area contributed by atoms with Crippen molar-refractivity contribution in [3.63, 3.8) is 0 Å². The second-order valence-electron chi connectivity index (χ2n) is 3.37. The molecule has 4 heteroatoms. The molecule has 0 saturated carbocycles. The second-order valence-corrected chi connectivity index (χ2v) is 3.37. The van der Waals surface area contributed by atoms with Crippen LogP contribution in [0.2, 0.25) is 0 Å². The fourth-order valence-corrected chi connectivity index (χ4v) is 1.05. The highest BCUT2D eigenvalue weighted by atomic mass is 16.5. The summed E-state index contributed by atoms with van der Waals surface area (Å²) in [5.41, 5.74) is 0. The fraction of sp³-hybridized carbons (Fsp3) is 1.00. The maximum absolute atomic E-state index is 9.35. The molecule has 3 N–H and O–H groups in total. The van der Waals surface area contributed by atoms with Gasteiger partial charge in [-0.3, -0.25) is 0 Å². The maximum atomic E-state index is 9.35. The number of hydrogen-bond acceptors (Lipinski definition) is 4. The Morgan fingerprint density at radius 3 is 2.50 bits per heavy atom. The molecule has 0 aromatic rings. The van der Waals surface area contributed by atoms with Crippen LogP contribution in [0.4, 0.5) is 0 Å². The van der Waals surface area contributed by atoms with Gasteiger partial charge in [0.25, 0.3) is 0 Å². The summed E-state index contributed by atoms with van der Waals surface area (Å²) in [6.07, 6.45) is 0.835. The first-order chi connectivity index (χ1) is 6.70. The molecule has 0 saturated heterocycles. The van der Waals surface area contributed by atoms with Crippen molar-refractivity contribution < 1.29 is 14.9 Å². The lowest BCUT2D eigenvalue weighted by Crippen LogP contribution is -2.32. The van der Waals surface area contributed by atoms with E-state index in [1.807, 2.05) is 13.8 Å². The van der Waals surface area contributed by atoms with Crippen LogP contribution in [0, 0.1) is 0 Å². The molecule has 14 heavy (non-hydrogen) atoms. The summed E-state index contributed by atoms with van der Waals surface area (Å²) in [6.45, 7) is 6.12. The molecular weight excluding hydrogens is 182 g/mol. The molecule has 2 atom stereocenters. The van der Waals surface area contributed by atoms with Crippen LogP contribution in [-0.2, 0) is 4.74 Å². The number of nitrogens with one attached hydrogen (secondary N) is 1. The van der Waals surface area contributed by atoms with Crippen molar-refractivity contribution >= 4 is 0 Å². The number of ether oxygens (including phenoxy) is 1. The van der Waals surface area contributed by atoms with Gasteiger partial charge in [-0.2, -0.15) is 0 Å². The van der Waals surface area contributed by atoms with Crippen molar-refractivity contribution in [2.24, 2.45) is 0 Å². The highest BCUT2D eigenvalue weighted by molar-refractivity contribution is 4.60. The minimum absolute atomic E-state index is 0.230. The summed E-state index contributed by atoms with van der Waals surface area (Å²) < 4.78 is 5.06. The molecule has 0 aliphatic carbocycles. The first-order valence-corrected chi connectivity index (χ1v) is 5.35. The molecule has 0 bridgehead atoms. The van der Waals surface area contributed by atoms with Crippen LogP contribution in [0.3, 0.4) is 0 Å². The highest BCUT2D eigenvalue weighted by Gasteiger charge is 2.04. The van der Waals surface area contributed by atoms with E-state index in [0.717, 1.165) is 19.4 Å². The monoisotopic (exact) mass is 205 g/mol. The third-order valence-electron chi connectivity index (χ3n) is 2.02. The lowest BCUT2D eigenvalue weighted by Gasteiger charge is -2.12. The predicted molar refractivity (Wildman–Crippen MR) is 56.3 cm³/mol. The van der Waals surface area contributed by atoms with Crippen molar-refractivity contribution in [1.29, 1.82) is 0 Å². The van der Waals surface area contributed by atoms with Gasteiger partial charge in [-0.1, -0.05) is 6.92 Å². The molecule has 0 aromatic heterocycles. The van der Waals surface area contributed by atoms with Gasteiger partial charge in [0.05, 0.1) is 18.8 Å². The van der Waals surface area contributed by atoms with E-state index in [0.29, 0.717) is 19.8 Å². The molecule has 0 heterocycles. The van der Waals surface area contributed by atoms with Gasteiger partial charge < -0.3 is 20.3 Å². The topological polar surface area (TPSA) is 61.7 Å². The van der Waals surface area contributed by atoms with Crippen LogP contribution >= 0.6 is 0 Å². The Morgan fingerprint density at radius 1 is 1.21 bits per heavy atom. The summed E-state index contributed by atoms with van der Waals surface area (Å²) >= 11 is 0. The van der Waals surface area contributed by atoms with Crippen molar-refractivity contribution in [3.8, 4) is 0 Å². The normalized spacial score (nSPS) is 15.4. The lowest BCUT2D eigenvalue weighted by molar-refractivity contribution is 0.0423. The van der Waals surface area contributed by atoms with Crippen molar-refractivity contribution in [1.82, 2.24) is 5.32 Å². The summed E-state index contributed by atoms with van der Waals surface area (Å²) in [4.78, 5) is 0. The van der Waals surface area contributed by atoms with E-state index in [2.05, 4.69) is 5.32 Å². The van der Waals surface area contributed by atoms with Crippen molar-refractivity contribution in [3.05, 3.63) is 0 Å². The van der Waals surface area contributed by atoms with E-state index in [4.69, 9.17) is 4.74 Å². The molecule has 0 spiro atoms. The summed E-state index contributed by atoms with van der Waals surface area (Å²) in [6, 6.07) is 0. The van der Waals surface area contributed by atoms with E-state index in [1.54, 1.807) is 0 Å². The number of hydrogen-bond donors (Lipinski definition) is 3. The Balaban J connectivity index is 3.18. The molecule has 0 rings (SSSR count). The van der Waals surface area contributed by atoms with Gasteiger partial charge in [0.1, 0.15) is 0 Å². The van der Waals surface area contributed by atoms with E-state index >= 15 is 0 Å². The number of aliphatic hydroxyl groups excluding tert-OH is 2. The molecule has 0 aromatic carbocycles. The van der Waals surface area contributed by atoms with E-state index in [-0.39, 0.29) is 6.10 Å². The van der Waals surface area contributed by atoms with Gasteiger partial charge in [0, 0.05) is 13.2 Å². The van der Waals surface area contributed by atoms with Gasteiger partial charge >= 0.3 is 0 Å². The molecule has 0 radical (unpaired) electrons. The molecule has 0 aliphatic rings. The first kappa shape index (κ1) is 13.8. The van der Waals surface area contributed by atoms with Crippen LogP contribution < -0.4 is 5.32 Å². The van der Waals surface area contributed by atoms with E-state index in [1.165, 1.54) is 0 Å². The zero-order chi connectivity index (χ0) is 10.8. The Kier molecular flexibility index (Phi) is 9.29. The fourth-order valence-electron chi connectivity index (χ4n) is 1.05. The molecule has 4 nitrogen and oxygen atoms in total. The zero-order valence-electron chi connectivity index (χ0n) is 9.20. The minimum atomic E-state index is -0.450. The molecule has 0 aliphatic heterocycles. The first-order valence-electron chi connectivity index (χ1n) is 5.35. The molecule has 86 valence electrons. The van der Waals surface area contributed by atoms with Gasteiger partial charge in [-0.05, 0) is 26.3 Å². The third-order valence-corrected chi connectivity index (χ3v) is 2.02. The summed E-state index contributed by atoms with van der Waals surface area (Å²) in [7, 11) is 0. The zero-order valence-corrected chi connectivity index (χ0v) is 9.20. The highest BCUT2D eigenvalue weighted by Crippen LogP contribution is 1.94. The Hall–Kier alpha value is -0.160. The molecule has 0 amide bonds. The summed E-state index contributed by atoms with van der Waals surface area (Å²) in [5, 5.41) is 21.7. The van der Waals surface area contributed by atoms with Crippen molar-refractivity contribution in [2.45, 2.75) is 38.9 Å². The Bertz CT molecular complexity index is 122. The van der Waals surface area contributed by atoms with Crippen molar-refractivity contribution in [2.75, 3.05) is 26.3 Å². The predicted octanol–water partition coefficient (Wildman–Crippen LogP) is 0.134. The molecular formula is C10H23NO3. The van der Waals surface area contributed by atoms with Crippen LogP contribution in [0.1, 0.15) is 26.7 Å². The number of rotatable bonds is 9. The SMILES string of the molecule is CCOCC(O)CNCCC(O)CC. The van der Waals surface area contributed by atoms with Gasteiger partial charge in [0.15, 0.2) is 0 Å². The van der Waals surface area contributed by atoms with E-state index < -0.39 is 6.10 Å². The van der Waals surface area contributed by atoms with Crippen LogP contribution in [-0.4, -0.2) is 48.7 Å². The van der Waals surface area contributed by atoms with Crippen LogP contribution in [0.5, 0.6) is 0 Å². The summed E-state index contributed by atoms with van der Waals surface area (Å²) in [5.74, 6) is 0. The van der Waals surface area contributed by atoms with Gasteiger partial charge in [-0.15, -0.1) is 0 Å². The largest absolute Gasteiger partial charge is 0.393 e. The van der Waals surface area contributed by atoms with Crippen LogP contribution in [0.15, 0.2) is 0 Å². The Labute approximate surface area is 86.3 Å². The average Bonchev–Trinajstić information content (AvgIpc) is 2.21. The third kappa shape index (κ3) is 8.44. The lowest BCUT2D eigenvalue weighted by atomic mass is 10.2. The van der Waals surface area contributed by atoms with Gasteiger partial charge in [-0.25, -0.2) is 0 Å². The standard InChI is InChI=1S/C10H23NO3/c1-3-9(12)5-6-11-7-10(13)8-14-4-2/h9-13H,3-8H2,1-2H3. The quantitative estimate of drug-likeness (QED) is 0.468. The average molecular weight is 205 g/mol. The Morgan fingerprint density at radius 2 is 1.93 bits per heavy atom. The van der Waals surface area contributed by atoms with Crippen LogP contribution in [0.25, 0.3) is 0 Å². The van der Waals surface area contributed by atoms with Gasteiger partial charge in [0.2, 0.25) is 0 Å². The minimum Gasteiger partial charge on any atom is -0.393 e. The second kappa shape index (κ2) is 9.40. The smallest absolute Gasteiger partial charge is 0.0897 e. The molecule has 0 fully saturated rings. The number of aliphatic hydroxyl groups is 2.